The number of carboxylic acid groups (broad SMARTS) is 1. The van der Waals surface area contributed by atoms with Crippen molar-refractivity contribution in [3.05, 3.63) is 46.9 Å². The third kappa shape index (κ3) is 4.56. The molecule has 1 aliphatic carbocycles. The zero-order chi connectivity index (χ0) is 22.1. The van der Waals surface area contributed by atoms with E-state index < -0.39 is 6.09 Å². The summed E-state index contributed by atoms with van der Waals surface area (Å²) >= 11 is 6.25. The van der Waals surface area contributed by atoms with Crippen molar-refractivity contribution in [3.63, 3.8) is 0 Å². The van der Waals surface area contributed by atoms with E-state index in [0.717, 1.165) is 34.6 Å². The van der Waals surface area contributed by atoms with Gasteiger partial charge in [-0.25, -0.2) is 14.8 Å². The predicted molar refractivity (Wildman–Crippen MR) is 122 cm³/mol. The van der Waals surface area contributed by atoms with Crippen molar-refractivity contribution in [3.8, 4) is 11.3 Å². The highest BCUT2D eigenvalue weighted by Gasteiger charge is 2.23. The van der Waals surface area contributed by atoms with E-state index in [4.69, 9.17) is 22.1 Å². The van der Waals surface area contributed by atoms with Crippen LogP contribution in [0.3, 0.4) is 0 Å². The van der Waals surface area contributed by atoms with Crippen molar-refractivity contribution in [2.75, 3.05) is 0 Å². The number of halogens is 1. The highest BCUT2D eigenvalue weighted by molar-refractivity contribution is 6.30. The number of nitrogens with one attached hydrogen (secondary N) is 2. The summed E-state index contributed by atoms with van der Waals surface area (Å²) in [7, 11) is 0. The maximum atomic E-state index is 11.0. The Morgan fingerprint density at radius 3 is 2.71 bits per heavy atom. The topological polar surface area (TPSA) is 104 Å². The van der Waals surface area contributed by atoms with E-state index in [0.29, 0.717) is 16.6 Å². The van der Waals surface area contributed by atoms with Gasteiger partial charge in [0.15, 0.2) is 11.7 Å². The average molecular weight is 440 g/mol. The fraction of sp³-hybridized carbons (Fsp3) is 0.391. The van der Waals surface area contributed by atoms with Gasteiger partial charge in [-0.3, -0.25) is 10.7 Å². The molecule has 0 atom stereocenters. The van der Waals surface area contributed by atoms with Crippen LogP contribution in [-0.4, -0.2) is 31.6 Å². The molecule has 2 heterocycles. The molecule has 1 aromatic carbocycles. The minimum absolute atomic E-state index is 0.0391. The second-order valence-electron chi connectivity index (χ2n) is 8.50. The van der Waals surface area contributed by atoms with E-state index in [-0.39, 0.29) is 11.7 Å². The first-order chi connectivity index (χ1) is 14.8. The largest absolute Gasteiger partial charge is 0.465 e. The summed E-state index contributed by atoms with van der Waals surface area (Å²) in [5, 5.41) is 19.7. The lowest BCUT2D eigenvalue weighted by atomic mass is 9.83. The first-order valence-electron chi connectivity index (χ1n) is 10.5. The molecule has 2 aromatic heterocycles. The SMILES string of the molecule is Cc1cn(CC2CCC(C)CC2)c2c(-c3cccc(Cl)c3)nc(C(=N)NC(=O)O)nc12. The molecular weight excluding hydrogens is 414 g/mol. The van der Waals surface area contributed by atoms with Crippen molar-refractivity contribution in [1.82, 2.24) is 19.9 Å². The molecule has 162 valence electrons. The van der Waals surface area contributed by atoms with Gasteiger partial charge in [-0.05, 0) is 49.3 Å². The zero-order valence-electron chi connectivity index (χ0n) is 17.7. The number of hydrogen-bond donors (Lipinski definition) is 3. The van der Waals surface area contributed by atoms with Crippen LogP contribution < -0.4 is 5.32 Å². The maximum Gasteiger partial charge on any atom is 0.410 e. The van der Waals surface area contributed by atoms with Gasteiger partial charge < -0.3 is 9.67 Å². The summed E-state index contributed by atoms with van der Waals surface area (Å²) in [6, 6.07) is 7.40. The molecule has 0 radical (unpaired) electrons. The summed E-state index contributed by atoms with van der Waals surface area (Å²) in [4.78, 5) is 20.2. The van der Waals surface area contributed by atoms with Gasteiger partial charge in [0.25, 0.3) is 0 Å². The molecule has 3 aromatic rings. The number of nitrogens with zero attached hydrogens (tertiary/aromatic N) is 3. The Bertz CT molecular complexity index is 1150. The molecule has 0 bridgehead atoms. The minimum Gasteiger partial charge on any atom is -0.465 e. The van der Waals surface area contributed by atoms with Crippen LogP contribution >= 0.6 is 11.6 Å². The molecular formula is C23H26ClN5O2. The Morgan fingerprint density at radius 1 is 1.29 bits per heavy atom. The minimum atomic E-state index is -1.32. The number of rotatable bonds is 4. The van der Waals surface area contributed by atoms with Crippen LogP contribution in [0.1, 0.15) is 44.0 Å². The number of fused-ring (bicyclic) bond motifs is 1. The first kappa shape index (κ1) is 21.3. The highest BCUT2D eigenvalue weighted by Crippen LogP contribution is 2.34. The van der Waals surface area contributed by atoms with E-state index in [2.05, 4.69) is 33.0 Å². The molecule has 1 fully saturated rings. The van der Waals surface area contributed by atoms with E-state index >= 15 is 0 Å². The van der Waals surface area contributed by atoms with Gasteiger partial charge in [0.05, 0.1) is 16.7 Å². The summed E-state index contributed by atoms with van der Waals surface area (Å²) < 4.78 is 2.22. The normalized spacial score (nSPS) is 18.8. The Balaban J connectivity index is 1.85. The van der Waals surface area contributed by atoms with Crippen molar-refractivity contribution < 1.29 is 9.90 Å². The highest BCUT2D eigenvalue weighted by atomic mass is 35.5. The van der Waals surface area contributed by atoms with Gasteiger partial charge in [0, 0.05) is 23.3 Å². The van der Waals surface area contributed by atoms with Gasteiger partial charge in [-0.2, -0.15) is 0 Å². The molecule has 0 saturated heterocycles. The van der Waals surface area contributed by atoms with Crippen LogP contribution in [0.15, 0.2) is 30.5 Å². The summed E-state index contributed by atoms with van der Waals surface area (Å²) in [5.74, 6) is 1.08. The van der Waals surface area contributed by atoms with Crippen LogP contribution in [-0.2, 0) is 6.54 Å². The lowest BCUT2D eigenvalue weighted by Gasteiger charge is -2.26. The van der Waals surface area contributed by atoms with Gasteiger partial charge in [-0.1, -0.05) is 43.5 Å². The molecule has 7 nitrogen and oxygen atoms in total. The Kier molecular flexibility index (Phi) is 5.96. The van der Waals surface area contributed by atoms with Gasteiger partial charge in [-0.15, -0.1) is 0 Å². The van der Waals surface area contributed by atoms with E-state index in [1.807, 2.05) is 25.1 Å². The lowest BCUT2D eigenvalue weighted by molar-refractivity contribution is 0.200. The molecule has 0 aliphatic heterocycles. The third-order valence-corrected chi connectivity index (χ3v) is 6.27. The van der Waals surface area contributed by atoms with E-state index in [1.165, 1.54) is 25.7 Å². The average Bonchev–Trinajstić information content (AvgIpc) is 3.04. The number of hydrogen-bond acceptors (Lipinski definition) is 4. The second-order valence-corrected chi connectivity index (χ2v) is 8.94. The molecule has 0 spiro atoms. The Labute approximate surface area is 186 Å². The molecule has 0 unspecified atom stereocenters. The van der Waals surface area contributed by atoms with Crippen molar-refractivity contribution in [2.45, 2.75) is 46.1 Å². The Morgan fingerprint density at radius 2 is 2.03 bits per heavy atom. The number of aromatic nitrogens is 3. The van der Waals surface area contributed by atoms with Crippen LogP contribution in [0.25, 0.3) is 22.3 Å². The zero-order valence-corrected chi connectivity index (χ0v) is 18.4. The van der Waals surface area contributed by atoms with Gasteiger partial charge >= 0.3 is 6.09 Å². The van der Waals surface area contributed by atoms with E-state index in [9.17, 15) is 4.79 Å². The maximum absolute atomic E-state index is 11.0. The standard InChI is InChI=1S/C23H26ClN5O2/c1-13-6-8-15(9-7-13)12-29-11-14(2)18-20(29)19(16-4-3-5-17(24)10-16)27-22(26-18)21(25)28-23(30)31/h3-5,10-11,13,15H,6-9,12H2,1-2H3,(H2,25,28)(H,30,31). The van der Waals surface area contributed by atoms with Crippen LogP contribution in [0.4, 0.5) is 4.79 Å². The fourth-order valence-corrected chi connectivity index (χ4v) is 4.60. The van der Waals surface area contributed by atoms with Crippen LogP contribution in [0.2, 0.25) is 5.02 Å². The third-order valence-electron chi connectivity index (χ3n) is 6.04. The number of aryl methyl sites for hydroxylation is 1. The second kappa shape index (κ2) is 8.67. The molecule has 31 heavy (non-hydrogen) atoms. The number of carbonyl (C=O) groups is 1. The van der Waals surface area contributed by atoms with Crippen LogP contribution in [0.5, 0.6) is 0 Å². The van der Waals surface area contributed by atoms with Crippen molar-refractivity contribution in [1.29, 1.82) is 5.41 Å². The summed E-state index contributed by atoms with van der Waals surface area (Å²) in [6.07, 6.45) is 5.69. The smallest absolute Gasteiger partial charge is 0.410 e. The molecule has 3 N–H and O–H groups in total. The Hall–Kier alpha value is -2.93. The van der Waals surface area contributed by atoms with Crippen molar-refractivity contribution in [2.24, 2.45) is 11.8 Å². The number of amidine groups is 1. The quantitative estimate of drug-likeness (QED) is 0.369. The van der Waals surface area contributed by atoms with Crippen LogP contribution in [0, 0.1) is 24.2 Å². The van der Waals surface area contributed by atoms with Crippen molar-refractivity contribution >= 4 is 34.6 Å². The lowest BCUT2D eigenvalue weighted by Crippen LogP contribution is -2.30. The predicted octanol–water partition coefficient (Wildman–Crippen LogP) is 5.48. The molecule has 1 saturated carbocycles. The van der Waals surface area contributed by atoms with Gasteiger partial charge in [0.2, 0.25) is 0 Å². The molecule has 8 heteroatoms. The first-order valence-corrected chi connectivity index (χ1v) is 10.9. The summed E-state index contributed by atoms with van der Waals surface area (Å²) in [5.41, 5.74) is 4.04. The summed E-state index contributed by atoms with van der Waals surface area (Å²) in [6.45, 7) is 5.19. The number of amides is 1. The fourth-order valence-electron chi connectivity index (χ4n) is 4.41. The monoisotopic (exact) mass is 439 g/mol. The molecule has 1 aliphatic rings. The van der Waals surface area contributed by atoms with E-state index in [1.54, 1.807) is 6.07 Å². The molecule has 4 rings (SSSR count). The van der Waals surface area contributed by atoms with Gasteiger partial charge in [0.1, 0.15) is 0 Å². The number of benzene rings is 1. The molecule has 1 amide bonds.